The predicted octanol–water partition coefficient (Wildman–Crippen LogP) is 6.23. The van der Waals surface area contributed by atoms with Gasteiger partial charge in [0.25, 0.3) is 0 Å². The van der Waals surface area contributed by atoms with E-state index in [4.69, 9.17) is 14.2 Å². The highest BCUT2D eigenvalue weighted by atomic mass is 16.5. The van der Waals surface area contributed by atoms with E-state index < -0.39 is 5.97 Å². The van der Waals surface area contributed by atoms with Crippen molar-refractivity contribution in [2.75, 3.05) is 13.7 Å². The van der Waals surface area contributed by atoms with E-state index in [9.17, 15) is 9.90 Å². The number of H-pyrrole nitrogens is 1. The molecule has 0 saturated carbocycles. The summed E-state index contributed by atoms with van der Waals surface area (Å²) in [5, 5.41) is 10.4. The Morgan fingerprint density at radius 2 is 1.79 bits per heavy atom. The molecule has 3 aromatic carbocycles. The van der Waals surface area contributed by atoms with Crippen molar-refractivity contribution >= 4 is 16.9 Å². The summed E-state index contributed by atoms with van der Waals surface area (Å²) >= 11 is 0. The van der Waals surface area contributed by atoms with E-state index >= 15 is 0 Å². The molecule has 0 unspecified atom stereocenters. The van der Waals surface area contributed by atoms with Gasteiger partial charge in [0.05, 0.1) is 25.8 Å². The molecule has 0 aliphatic heterocycles. The van der Waals surface area contributed by atoms with Gasteiger partial charge in [-0.2, -0.15) is 0 Å². The third-order valence-corrected chi connectivity index (χ3v) is 5.66. The first kappa shape index (κ1) is 23.2. The Hall–Kier alpha value is -3.93. The minimum Gasteiger partial charge on any atom is -0.494 e. The van der Waals surface area contributed by atoms with Crippen LogP contribution >= 0.6 is 0 Å². The number of aliphatic carboxylic acids is 1. The Kier molecular flexibility index (Phi) is 7.38. The van der Waals surface area contributed by atoms with Crippen molar-refractivity contribution in [1.82, 2.24) is 4.98 Å². The molecule has 4 rings (SSSR count). The Morgan fingerprint density at radius 3 is 2.53 bits per heavy atom. The molecule has 1 aromatic heterocycles. The molecule has 2 N–H and O–H groups in total. The molecular formula is C28H29NO5. The van der Waals surface area contributed by atoms with Crippen molar-refractivity contribution in [1.29, 1.82) is 0 Å². The summed E-state index contributed by atoms with van der Waals surface area (Å²) < 4.78 is 17.4. The highest BCUT2D eigenvalue weighted by molar-refractivity contribution is 5.95. The van der Waals surface area contributed by atoms with Crippen LogP contribution in [0.4, 0.5) is 0 Å². The molecule has 0 amide bonds. The van der Waals surface area contributed by atoms with Crippen molar-refractivity contribution in [3.63, 3.8) is 0 Å². The summed E-state index contributed by atoms with van der Waals surface area (Å²) in [6, 6.07) is 21.3. The third kappa shape index (κ3) is 5.34. The number of methoxy groups -OCH3 is 1. The second-order valence-corrected chi connectivity index (χ2v) is 8.10. The first-order valence-electron chi connectivity index (χ1n) is 11.4. The number of aromatic amines is 1. The number of fused-ring (bicyclic) bond motifs is 1. The van der Waals surface area contributed by atoms with Crippen molar-refractivity contribution in [2.45, 2.75) is 32.8 Å². The van der Waals surface area contributed by atoms with Gasteiger partial charge in [-0.25, -0.2) is 0 Å². The van der Waals surface area contributed by atoms with Gasteiger partial charge in [-0.3, -0.25) is 4.79 Å². The molecular weight excluding hydrogens is 430 g/mol. The molecule has 0 saturated heterocycles. The van der Waals surface area contributed by atoms with Gasteiger partial charge in [0.2, 0.25) is 0 Å². The fourth-order valence-electron chi connectivity index (χ4n) is 3.91. The summed E-state index contributed by atoms with van der Waals surface area (Å²) in [6.07, 6.45) is 1.91. The molecule has 0 fully saturated rings. The standard InChI is InChI=1S/C28H29NO5/c1-3-4-14-33-21-11-12-24-22(16-21)23(17-27(30)31)28(29-24)20-10-13-25(26(15-20)32-2)34-18-19-8-6-5-7-9-19/h5-13,15-16,29H,3-4,14,17-18H2,1-2H3,(H,30,31). The number of nitrogens with one attached hydrogen (secondary N) is 1. The first-order chi connectivity index (χ1) is 16.6. The lowest BCUT2D eigenvalue weighted by atomic mass is 10.0. The highest BCUT2D eigenvalue weighted by Crippen LogP contribution is 2.37. The molecule has 6 heteroatoms. The van der Waals surface area contributed by atoms with Crippen LogP contribution in [0.2, 0.25) is 0 Å². The van der Waals surface area contributed by atoms with Crippen LogP contribution in [-0.2, 0) is 17.8 Å². The average molecular weight is 460 g/mol. The van der Waals surface area contributed by atoms with Crippen LogP contribution in [-0.4, -0.2) is 29.8 Å². The zero-order chi connectivity index (χ0) is 23.9. The number of unbranched alkanes of at least 4 members (excludes halogenated alkanes) is 1. The lowest BCUT2D eigenvalue weighted by Crippen LogP contribution is -2.02. The summed E-state index contributed by atoms with van der Waals surface area (Å²) in [5.74, 6) is 1.05. The number of benzene rings is 3. The number of carboxylic acids is 1. The second-order valence-electron chi connectivity index (χ2n) is 8.10. The number of carboxylic acid groups (broad SMARTS) is 1. The fourth-order valence-corrected chi connectivity index (χ4v) is 3.91. The molecule has 0 aliphatic carbocycles. The summed E-state index contributed by atoms with van der Waals surface area (Å²) in [6.45, 7) is 3.17. The molecule has 0 radical (unpaired) electrons. The van der Waals surface area contributed by atoms with Crippen LogP contribution in [0.3, 0.4) is 0 Å². The average Bonchev–Trinajstić information content (AvgIpc) is 3.20. The van der Waals surface area contributed by atoms with Gasteiger partial charge < -0.3 is 24.3 Å². The molecule has 1 heterocycles. The topological polar surface area (TPSA) is 80.8 Å². The van der Waals surface area contributed by atoms with E-state index in [2.05, 4.69) is 11.9 Å². The van der Waals surface area contributed by atoms with Gasteiger partial charge in [-0.15, -0.1) is 0 Å². The van der Waals surface area contributed by atoms with Crippen LogP contribution in [0.25, 0.3) is 22.2 Å². The lowest BCUT2D eigenvalue weighted by Gasteiger charge is -2.13. The van der Waals surface area contributed by atoms with E-state index in [1.54, 1.807) is 7.11 Å². The van der Waals surface area contributed by atoms with Gasteiger partial charge in [-0.05, 0) is 53.9 Å². The van der Waals surface area contributed by atoms with Crippen molar-refractivity contribution in [3.8, 4) is 28.5 Å². The van der Waals surface area contributed by atoms with E-state index in [-0.39, 0.29) is 6.42 Å². The molecule has 4 aromatic rings. The summed E-state index contributed by atoms with van der Waals surface area (Å²) in [4.78, 5) is 15.1. The molecule has 0 bridgehead atoms. The van der Waals surface area contributed by atoms with Gasteiger partial charge >= 0.3 is 5.97 Å². The second kappa shape index (κ2) is 10.8. The zero-order valence-electron chi connectivity index (χ0n) is 19.5. The number of aromatic nitrogens is 1. The third-order valence-electron chi connectivity index (χ3n) is 5.66. The van der Waals surface area contributed by atoms with E-state index in [1.807, 2.05) is 66.7 Å². The van der Waals surface area contributed by atoms with Gasteiger partial charge in [0.1, 0.15) is 12.4 Å². The molecule has 6 nitrogen and oxygen atoms in total. The molecule has 0 aliphatic rings. The normalized spacial score (nSPS) is 10.9. The van der Waals surface area contributed by atoms with E-state index in [1.165, 1.54) is 0 Å². The number of hydrogen-bond donors (Lipinski definition) is 2. The number of carbonyl (C=O) groups is 1. The van der Waals surface area contributed by atoms with Gasteiger partial charge in [0, 0.05) is 16.5 Å². The van der Waals surface area contributed by atoms with Gasteiger partial charge in [0.15, 0.2) is 11.5 Å². The molecule has 0 spiro atoms. The summed E-state index contributed by atoms with van der Waals surface area (Å²) in [7, 11) is 1.60. The van der Waals surface area contributed by atoms with Crippen LogP contribution < -0.4 is 14.2 Å². The number of hydrogen-bond acceptors (Lipinski definition) is 4. The molecule has 34 heavy (non-hydrogen) atoms. The number of ether oxygens (including phenoxy) is 3. The van der Waals surface area contributed by atoms with Crippen LogP contribution in [0.15, 0.2) is 66.7 Å². The smallest absolute Gasteiger partial charge is 0.307 e. The number of rotatable bonds is 11. The molecule has 0 atom stereocenters. The Balaban J connectivity index is 1.67. The van der Waals surface area contributed by atoms with Crippen molar-refractivity contribution in [2.24, 2.45) is 0 Å². The zero-order valence-corrected chi connectivity index (χ0v) is 19.5. The van der Waals surface area contributed by atoms with Crippen LogP contribution in [0.5, 0.6) is 17.2 Å². The van der Waals surface area contributed by atoms with E-state index in [0.717, 1.165) is 46.3 Å². The predicted molar refractivity (Wildman–Crippen MR) is 133 cm³/mol. The highest BCUT2D eigenvalue weighted by Gasteiger charge is 2.18. The monoisotopic (exact) mass is 459 g/mol. The van der Waals surface area contributed by atoms with E-state index in [0.29, 0.717) is 30.3 Å². The molecule has 176 valence electrons. The fraction of sp³-hybridized carbons (Fsp3) is 0.250. The van der Waals surface area contributed by atoms with Crippen molar-refractivity contribution < 1.29 is 24.1 Å². The lowest BCUT2D eigenvalue weighted by molar-refractivity contribution is -0.136. The largest absolute Gasteiger partial charge is 0.494 e. The Labute approximate surface area is 199 Å². The quantitative estimate of drug-likeness (QED) is 0.260. The van der Waals surface area contributed by atoms with Crippen LogP contribution in [0, 0.1) is 0 Å². The minimum atomic E-state index is -0.894. The van der Waals surface area contributed by atoms with Crippen LogP contribution in [0.1, 0.15) is 30.9 Å². The summed E-state index contributed by atoms with van der Waals surface area (Å²) in [5.41, 5.74) is 4.20. The minimum absolute atomic E-state index is 0.109. The first-order valence-corrected chi connectivity index (χ1v) is 11.4. The Bertz CT molecular complexity index is 1260. The maximum absolute atomic E-state index is 11.7. The Morgan fingerprint density at radius 1 is 0.971 bits per heavy atom. The maximum Gasteiger partial charge on any atom is 0.307 e. The maximum atomic E-state index is 11.7. The van der Waals surface area contributed by atoms with Crippen molar-refractivity contribution in [3.05, 3.63) is 77.9 Å². The van der Waals surface area contributed by atoms with Gasteiger partial charge in [-0.1, -0.05) is 43.7 Å². The SMILES string of the molecule is CCCCOc1ccc2[nH]c(-c3ccc(OCc4ccccc4)c(OC)c3)c(CC(=O)O)c2c1.